The third kappa shape index (κ3) is 6.52. The van der Waals surface area contributed by atoms with Crippen LogP contribution < -0.4 is 5.32 Å². The minimum atomic E-state index is -3.54. The Hall–Kier alpha value is -0.820. The lowest BCUT2D eigenvalue weighted by Crippen LogP contribution is -2.46. The summed E-state index contributed by atoms with van der Waals surface area (Å²) in [7, 11) is -3.54. The summed E-state index contributed by atoms with van der Waals surface area (Å²) in [6, 6.07) is 4.85. The van der Waals surface area contributed by atoms with Crippen LogP contribution >= 0.6 is 23.2 Å². The highest BCUT2D eigenvalue weighted by molar-refractivity contribution is 7.88. The summed E-state index contributed by atoms with van der Waals surface area (Å²) in [4.78, 5) is 12.0. The van der Waals surface area contributed by atoms with E-state index in [0.29, 0.717) is 15.6 Å². The molecule has 5 nitrogen and oxygen atoms in total. The van der Waals surface area contributed by atoms with Gasteiger partial charge in [-0.05, 0) is 38.5 Å². The molecule has 22 heavy (non-hydrogen) atoms. The summed E-state index contributed by atoms with van der Waals surface area (Å²) in [6.07, 6.45) is 1.06. The number of halogens is 2. The quantitative estimate of drug-likeness (QED) is 0.870. The second-order valence-electron chi connectivity index (χ2n) is 6.08. The summed E-state index contributed by atoms with van der Waals surface area (Å²) in [5.41, 5.74) is 0.229. The molecule has 0 unspecified atom stereocenters. The van der Waals surface area contributed by atoms with Crippen molar-refractivity contribution in [3.05, 3.63) is 33.8 Å². The SMILES string of the molecule is CC(C)(C)NC(=O)CN(Cc1ccc(Cl)c(Cl)c1)S(C)(=O)=O. The Morgan fingerprint density at radius 3 is 2.27 bits per heavy atom. The lowest BCUT2D eigenvalue weighted by Gasteiger charge is -2.24. The Labute approximate surface area is 141 Å². The summed E-state index contributed by atoms with van der Waals surface area (Å²) in [5, 5.41) is 3.47. The van der Waals surface area contributed by atoms with Crippen LogP contribution in [0.1, 0.15) is 26.3 Å². The number of amides is 1. The number of carbonyl (C=O) groups excluding carboxylic acids is 1. The smallest absolute Gasteiger partial charge is 0.235 e. The van der Waals surface area contributed by atoms with Gasteiger partial charge in [0.25, 0.3) is 0 Å². The fourth-order valence-electron chi connectivity index (χ4n) is 1.75. The lowest BCUT2D eigenvalue weighted by atomic mass is 10.1. The molecule has 0 bridgehead atoms. The lowest BCUT2D eigenvalue weighted by molar-refractivity contribution is -0.122. The van der Waals surface area contributed by atoms with Gasteiger partial charge in [-0.2, -0.15) is 4.31 Å². The van der Waals surface area contributed by atoms with Crippen molar-refractivity contribution >= 4 is 39.1 Å². The summed E-state index contributed by atoms with van der Waals surface area (Å²) in [6.45, 7) is 5.28. The van der Waals surface area contributed by atoms with E-state index in [0.717, 1.165) is 10.6 Å². The fourth-order valence-corrected chi connectivity index (χ4v) is 2.81. The van der Waals surface area contributed by atoms with Crippen LogP contribution in [0.5, 0.6) is 0 Å². The van der Waals surface area contributed by atoms with Crippen LogP contribution in [0.4, 0.5) is 0 Å². The van der Waals surface area contributed by atoms with Gasteiger partial charge in [-0.25, -0.2) is 8.42 Å². The molecule has 0 fully saturated rings. The van der Waals surface area contributed by atoms with E-state index in [9.17, 15) is 13.2 Å². The predicted octanol–water partition coefficient (Wildman–Crippen LogP) is 2.67. The number of hydrogen-bond acceptors (Lipinski definition) is 3. The van der Waals surface area contributed by atoms with E-state index in [4.69, 9.17) is 23.2 Å². The normalized spacial score (nSPS) is 12.5. The van der Waals surface area contributed by atoms with Crippen LogP contribution in [-0.4, -0.2) is 37.0 Å². The molecule has 0 spiro atoms. The molecule has 0 aromatic heterocycles. The molecule has 0 atom stereocenters. The predicted molar refractivity (Wildman–Crippen MR) is 89.6 cm³/mol. The molecule has 0 aliphatic heterocycles. The average molecular weight is 367 g/mol. The Kier molecular flexibility index (Phi) is 6.27. The third-order valence-corrected chi connectivity index (χ3v) is 4.58. The van der Waals surface area contributed by atoms with Crippen molar-refractivity contribution in [3.63, 3.8) is 0 Å². The van der Waals surface area contributed by atoms with Gasteiger partial charge in [0.1, 0.15) is 0 Å². The van der Waals surface area contributed by atoms with Crippen molar-refractivity contribution < 1.29 is 13.2 Å². The summed E-state index contributed by atoms with van der Waals surface area (Å²) < 4.78 is 24.8. The van der Waals surface area contributed by atoms with Crippen molar-refractivity contribution in [2.75, 3.05) is 12.8 Å². The zero-order chi connectivity index (χ0) is 17.1. The summed E-state index contributed by atoms with van der Waals surface area (Å²) >= 11 is 11.8. The standard InChI is InChI=1S/C14H20Cl2N2O3S/c1-14(2,3)17-13(19)9-18(22(4,20)21)8-10-5-6-11(15)12(16)7-10/h5-7H,8-9H2,1-4H3,(H,17,19). The molecule has 0 aliphatic carbocycles. The molecule has 0 saturated carbocycles. The number of rotatable bonds is 5. The second-order valence-corrected chi connectivity index (χ2v) is 8.87. The van der Waals surface area contributed by atoms with Gasteiger partial charge in [0.2, 0.25) is 15.9 Å². The minimum absolute atomic E-state index is 0.0489. The van der Waals surface area contributed by atoms with E-state index in [1.165, 1.54) is 0 Å². The average Bonchev–Trinajstić information content (AvgIpc) is 2.29. The largest absolute Gasteiger partial charge is 0.350 e. The first-order valence-electron chi connectivity index (χ1n) is 6.58. The van der Waals surface area contributed by atoms with E-state index in [-0.39, 0.29) is 19.0 Å². The molecule has 0 saturated heterocycles. The molecule has 1 N–H and O–H groups in total. The Balaban J connectivity index is 2.90. The molecule has 1 amide bonds. The van der Waals surface area contributed by atoms with Gasteiger partial charge in [0, 0.05) is 12.1 Å². The Morgan fingerprint density at radius 2 is 1.82 bits per heavy atom. The van der Waals surface area contributed by atoms with Crippen LogP contribution in [0.2, 0.25) is 10.0 Å². The number of hydrogen-bond donors (Lipinski definition) is 1. The number of sulfonamides is 1. The second kappa shape index (κ2) is 7.17. The van der Waals surface area contributed by atoms with Gasteiger partial charge in [-0.15, -0.1) is 0 Å². The Bertz CT molecular complexity index is 655. The van der Waals surface area contributed by atoms with Crippen LogP contribution in [0.25, 0.3) is 0 Å². The van der Waals surface area contributed by atoms with Crippen molar-refractivity contribution in [1.29, 1.82) is 0 Å². The molecule has 0 aliphatic rings. The fraction of sp³-hybridized carbons (Fsp3) is 0.500. The van der Waals surface area contributed by atoms with E-state index in [1.807, 2.05) is 20.8 Å². The van der Waals surface area contributed by atoms with Crippen LogP contribution in [0.3, 0.4) is 0 Å². The third-order valence-electron chi connectivity index (χ3n) is 2.65. The van der Waals surface area contributed by atoms with Crippen LogP contribution in [0.15, 0.2) is 18.2 Å². The first-order chi connectivity index (χ1) is 9.88. The highest BCUT2D eigenvalue weighted by Crippen LogP contribution is 2.23. The van der Waals surface area contributed by atoms with Gasteiger partial charge < -0.3 is 5.32 Å². The van der Waals surface area contributed by atoms with Gasteiger partial charge in [0.15, 0.2) is 0 Å². The minimum Gasteiger partial charge on any atom is -0.350 e. The van der Waals surface area contributed by atoms with Gasteiger partial charge >= 0.3 is 0 Å². The number of carbonyl (C=O) groups is 1. The van der Waals surface area contributed by atoms with Gasteiger partial charge in [0.05, 0.1) is 22.8 Å². The van der Waals surface area contributed by atoms with Crippen molar-refractivity contribution in [1.82, 2.24) is 9.62 Å². The van der Waals surface area contributed by atoms with Crippen molar-refractivity contribution in [2.24, 2.45) is 0 Å². The Morgan fingerprint density at radius 1 is 1.23 bits per heavy atom. The monoisotopic (exact) mass is 366 g/mol. The zero-order valence-corrected chi connectivity index (χ0v) is 15.3. The molecular formula is C14H20Cl2N2O3S. The maximum absolute atomic E-state index is 12.0. The maximum atomic E-state index is 12.0. The highest BCUT2D eigenvalue weighted by atomic mass is 35.5. The van der Waals surface area contributed by atoms with Crippen molar-refractivity contribution in [3.8, 4) is 0 Å². The number of nitrogens with zero attached hydrogens (tertiary/aromatic N) is 1. The van der Waals surface area contributed by atoms with Gasteiger partial charge in [-0.1, -0.05) is 29.3 Å². The molecular weight excluding hydrogens is 347 g/mol. The summed E-state index contributed by atoms with van der Waals surface area (Å²) in [5.74, 6) is -0.363. The zero-order valence-electron chi connectivity index (χ0n) is 13.0. The van der Waals surface area contributed by atoms with E-state index in [2.05, 4.69) is 5.32 Å². The van der Waals surface area contributed by atoms with Crippen LogP contribution in [-0.2, 0) is 21.4 Å². The van der Waals surface area contributed by atoms with E-state index >= 15 is 0 Å². The molecule has 1 aromatic carbocycles. The van der Waals surface area contributed by atoms with E-state index < -0.39 is 15.6 Å². The number of benzene rings is 1. The molecule has 8 heteroatoms. The molecule has 124 valence electrons. The van der Waals surface area contributed by atoms with Crippen LogP contribution in [0, 0.1) is 0 Å². The van der Waals surface area contributed by atoms with Crippen molar-refractivity contribution in [2.45, 2.75) is 32.9 Å². The first kappa shape index (κ1) is 19.2. The molecule has 0 heterocycles. The molecule has 1 aromatic rings. The maximum Gasteiger partial charge on any atom is 0.235 e. The topological polar surface area (TPSA) is 66.5 Å². The number of nitrogens with one attached hydrogen (secondary N) is 1. The highest BCUT2D eigenvalue weighted by Gasteiger charge is 2.23. The van der Waals surface area contributed by atoms with Gasteiger partial charge in [-0.3, -0.25) is 4.79 Å². The van der Waals surface area contributed by atoms with E-state index in [1.54, 1.807) is 18.2 Å². The first-order valence-corrected chi connectivity index (χ1v) is 9.19. The molecule has 0 radical (unpaired) electrons. The molecule has 1 rings (SSSR count).